The first kappa shape index (κ1) is 26.9. The van der Waals surface area contributed by atoms with E-state index in [0.29, 0.717) is 37.5 Å². The number of hydrogen-bond donors (Lipinski definition) is 0. The van der Waals surface area contributed by atoms with Gasteiger partial charge in [0.15, 0.2) is 0 Å². The largest absolute Gasteiger partial charge is 0.459 e. The quantitative estimate of drug-likeness (QED) is 0.176. The van der Waals surface area contributed by atoms with Crippen molar-refractivity contribution in [3.8, 4) is 0 Å². The Labute approximate surface area is 174 Å². The highest BCUT2D eigenvalue weighted by atomic mass is 16.5. The Bertz CT molecular complexity index is 391. The fourth-order valence-electron chi connectivity index (χ4n) is 3.55. The molecule has 28 heavy (non-hydrogen) atoms. The van der Waals surface area contributed by atoms with Crippen LogP contribution >= 0.6 is 0 Å². The lowest BCUT2D eigenvalue weighted by molar-refractivity contribution is -0.161. The second-order valence-corrected chi connectivity index (χ2v) is 8.72. The molecule has 0 aromatic heterocycles. The summed E-state index contributed by atoms with van der Waals surface area (Å²) >= 11 is 0. The van der Waals surface area contributed by atoms with E-state index in [-0.39, 0.29) is 0 Å². The van der Waals surface area contributed by atoms with E-state index in [1.807, 2.05) is 0 Å². The normalized spacial score (nSPS) is 13.4. The monoisotopic (exact) mass is 397 g/mol. The molecule has 0 aliphatic rings. The summed E-state index contributed by atoms with van der Waals surface area (Å²) in [6.07, 6.45) is 10.8. The van der Waals surface area contributed by atoms with Crippen LogP contribution in [0.25, 0.3) is 0 Å². The minimum absolute atomic E-state index is 0.344. The van der Waals surface area contributed by atoms with Crippen molar-refractivity contribution in [2.75, 3.05) is 19.7 Å². The number of unbranched alkanes of at least 4 members (excludes halogenated alkanes) is 2. The molecular weight excluding hydrogens is 350 g/mol. The van der Waals surface area contributed by atoms with Crippen LogP contribution in [0.1, 0.15) is 106 Å². The van der Waals surface area contributed by atoms with Crippen molar-refractivity contribution >= 4 is 11.9 Å². The second kappa shape index (κ2) is 16.9. The third-order valence-electron chi connectivity index (χ3n) is 5.66. The summed E-state index contributed by atoms with van der Waals surface area (Å²) in [5.74, 6) is 0.398. The average molecular weight is 398 g/mol. The summed E-state index contributed by atoms with van der Waals surface area (Å²) in [6.45, 7) is 14.8. The standard InChI is InChI=1S/C24H47NO3/c1-7-11-15-21(9-3)18-25(19-22(10-4)16-12-8-2)23(26)24(27)28-17-13-14-20(5)6/h20-22H,7-19H2,1-6H3. The van der Waals surface area contributed by atoms with E-state index in [1.165, 1.54) is 12.8 Å². The van der Waals surface area contributed by atoms with Gasteiger partial charge in [-0.3, -0.25) is 4.79 Å². The number of amides is 1. The summed E-state index contributed by atoms with van der Waals surface area (Å²) in [5, 5.41) is 0. The van der Waals surface area contributed by atoms with Gasteiger partial charge >= 0.3 is 11.9 Å². The summed E-state index contributed by atoms with van der Waals surface area (Å²) in [7, 11) is 0. The molecule has 0 aromatic carbocycles. The maximum Gasteiger partial charge on any atom is 0.397 e. The van der Waals surface area contributed by atoms with Crippen molar-refractivity contribution < 1.29 is 14.3 Å². The number of esters is 1. The highest BCUT2D eigenvalue weighted by molar-refractivity contribution is 6.32. The molecule has 0 heterocycles. The molecular formula is C24H47NO3. The lowest BCUT2D eigenvalue weighted by atomic mass is 9.95. The van der Waals surface area contributed by atoms with Crippen molar-refractivity contribution in [1.29, 1.82) is 0 Å². The molecule has 0 bridgehead atoms. The molecule has 0 aromatic rings. The Kier molecular flexibility index (Phi) is 16.2. The van der Waals surface area contributed by atoms with Gasteiger partial charge in [0.2, 0.25) is 0 Å². The predicted molar refractivity (Wildman–Crippen MR) is 118 cm³/mol. The summed E-state index contributed by atoms with van der Waals surface area (Å²) in [4.78, 5) is 27.1. The molecule has 166 valence electrons. The van der Waals surface area contributed by atoms with Gasteiger partial charge in [0.05, 0.1) is 6.61 Å². The van der Waals surface area contributed by atoms with E-state index in [9.17, 15) is 9.59 Å². The number of ether oxygens (including phenoxy) is 1. The molecule has 0 radical (unpaired) electrons. The first-order valence-electron chi connectivity index (χ1n) is 11.8. The zero-order chi connectivity index (χ0) is 21.4. The number of rotatable bonds is 16. The predicted octanol–water partition coefficient (Wildman–Crippen LogP) is 6.23. The molecule has 2 unspecified atom stereocenters. The molecule has 2 atom stereocenters. The van der Waals surface area contributed by atoms with Gasteiger partial charge in [-0.1, -0.05) is 80.1 Å². The Hall–Kier alpha value is -1.06. The number of carbonyl (C=O) groups excluding carboxylic acids is 2. The zero-order valence-electron chi connectivity index (χ0n) is 19.6. The smallest absolute Gasteiger partial charge is 0.397 e. The maximum atomic E-state index is 12.9. The number of nitrogens with zero attached hydrogens (tertiary/aromatic N) is 1. The highest BCUT2D eigenvalue weighted by Gasteiger charge is 2.27. The highest BCUT2D eigenvalue weighted by Crippen LogP contribution is 2.19. The van der Waals surface area contributed by atoms with E-state index < -0.39 is 11.9 Å². The fraction of sp³-hybridized carbons (Fsp3) is 0.917. The molecule has 4 heteroatoms. The second-order valence-electron chi connectivity index (χ2n) is 8.72. The SMILES string of the molecule is CCCCC(CC)CN(CC(CC)CCCC)C(=O)C(=O)OCCCC(C)C. The van der Waals surface area contributed by atoms with Crippen LogP contribution in [0.3, 0.4) is 0 Å². The van der Waals surface area contributed by atoms with Crippen molar-refractivity contribution in [2.45, 2.75) is 106 Å². The molecule has 4 nitrogen and oxygen atoms in total. The van der Waals surface area contributed by atoms with Gasteiger partial charge in [0.1, 0.15) is 0 Å². The van der Waals surface area contributed by atoms with Crippen LogP contribution in [0, 0.1) is 17.8 Å². The average Bonchev–Trinajstić information content (AvgIpc) is 2.69. The molecule has 0 saturated carbocycles. The van der Waals surface area contributed by atoms with Crippen molar-refractivity contribution in [1.82, 2.24) is 4.90 Å². The van der Waals surface area contributed by atoms with Gasteiger partial charge < -0.3 is 9.64 Å². The third-order valence-corrected chi connectivity index (χ3v) is 5.66. The maximum absolute atomic E-state index is 12.9. The summed E-state index contributed by atoms with van der Waals surface area (Å²) < 4.78 is 5.30. The van der Waals surface area contributed by atoms with Crippen LogP contribution in [-0.4, -0.2) is 36.5 Å². The Morgan fingerprint density at radius 1 is 0.786 bits per heavy atom. The van der Waals surface area contributed by atoms with E-state index in [0.717, 1.165) is 51.4 Å². The molecule has 0 spiro atoms. The van der Waals surface area contributed by atoms with Crippen molar-refractivity contribution in [2.24, 2.45) is 17.8 Å². The Morgan fingerprint density at radius 2 is 1.29 bits per heavy atom. The van der Waals surface area contributed by atoms with E-state index in [1.54, 1.807) is 4.90 Å². The number of hydrogen-bond acceptors (Lipinski definition) is 3. The van der Waals surface area contributed by atoms with Gasteiger partial charge in [0, 0.05) is 13.1 Å². The molecule has 1 amide bonds. The molecule has 0 saturated heterocycles. The van der Waals surface area contributed by atoms with Gasteiger partial charge in [0.25, 0.3) is 0 Å². The van der Waals surface area contributed by atoms with Crippen LogP contribution < -0.4 is 0 Å². The minimum atomic E-state index is -0.667. The lowest BCUT2D eigenvalue weighted by Crippen LogP contribution is -2.43. The van der Waals surface area contributed by atoms with Crippen LogP contribution in [0.5, 0.6) is 0 Å². The fourth-order valence-corrected chi connectivity index (χ4v) is 3.55. The van der Waals surface area contributed by atoms with Gasteiger partial charge in [-0.25, -0.2) is 4.79 Å². The van der Waals surface area contributed by atoms with Gasteiger partial charge in [-0.15, -0.1) is 0 Å². The molecule has 0 aliphatic heterocycles. The van der Waals surface area contributed by atoms with Crippen LogP contribution in [-0.2, 0) is 14.3 Å². The number of carbonyl (C=O) groups is 2. The third kappa shape index (κ3) is 12.4. The topological polar surface area (TPSA) is 46.6 Å². The van der Waals surface area contributed by atoms with Gasteiger partial charge in [-0.05, 0) is 43.4 Å². The molecule has 0 rings (SSSR count). The first-order valence-corrected chi connectivity index (χ1v) is 11.8. The van der Waals surface area contributed by atoms with Crippen molar-refractivity contribution in [3.05, 3.63) is 0 Å². The van der Waals surface area contributed by atoms with Crippen LogP contribution in [0.4, 0.5) is 0 Å². The lowest BCUT2D eigenvalue weighted by Gasteiger charge is -2.30. The van der Waals surface area contributed by atoms with E-state index in [2.05, 4.69) is 41.5 Å². The van der Waals surface area contributed by atoms with Gasteiger partial charge in [-0.2, -0.15) is 0 Å². The van der Waals surface area contributed by atoms with Crippen LogP contribution in [0.2, 0.25) is 0 Å². The molecule has 0 fully saturated rings. The molecule has 0 aliphatic carbocycles. The first-order chi connectivity index (χ1) is 13.4. The summed E-state index contributed by atoms with van der Waals surface area (Å²) in [5.41, 5.74) is 0. The minimum Gasteiger partial charge on any atom is -0.459 e. The summed E-state index contributed by atoms with van der Waals surface area (Å²) in [6, 6.07) is 0. The van der Waals surface area contributed by atoms with E-state index >= 15 is 0 Å². The van der Waals surface area contributed by atoms with Crippen LogP contribution in [0.15, 0.2) is 0 Å². The van der Waals surface area contributed by atoms with Crippen molar-refractivity contribution in [3.63, 3.8) is 0 Å². The Morgan fingerprint density at radius 3 is 1.68 bits per heavy atom. The zero-order valence-corrected chi connectivity index (χ0v) is 19.6. The van der Waals surface area contributed by atoms with E-state index in [4.69, 9.17) is 4.74 Å². The molecule has 0 N–H and O–H groups in total. The Balaban J connectivity index is 4.95.